The number of aliphatic carboxylic acids is 1. The number of nitrogens with zero attached hydrogens (tertiary/aromatic N) is 2. The number of carbonyl (C=O) groups is 3. The van der Waals surface area contributed by atoms with Crippen LogP contribution in [0.15, 0.2) is 5.38 Å². The van der Waals surface area contributed by atoms with Crippen molar-refractivity contribution in [1.82, 2.24) is 9.88 Å². The minimum atomic E-state index is -0.902. The van der Waals surface area contributed by atoms with Crippen LogP contribution in [0.25, 0.3) is 0 Å². The summed E-state index contributed by atoms with van der Waals surface area (Å²) in [5, 5.41) is 14.0. The first-order valence-electron chi connectivity index (χ1n) is 8.05. The molecule has 0 saturated heterocycles. The minimum absolute atomic E-state index is 0.113. The molecule has 1 aromatic rings. The van der Waals surface area contributed by atoms with Gasteiger partial charge in [-0.3, -0.25) is 14.4 Å². The molecule has 24 heavy (non-hydrogen) atoms. The molecule has 1 unspecified atom stereocenters. The van der Waals surface area contributed by atoms with Crippen LogP contribution < -0.4 is 5.32 Å². The summed E-state index contributed by atoms with van der Waals surface area (Å²) in [6.07, 6.45) is 1.96. The highest BCUT2D eigenvalue weighted by molar-refractivity contribution is 7.13. The van der Waals surface area contributed by atoms with Gasteiger partial charge in [0.05, 0.1) is 18.0 Å². The molecule has 2 rings (SSSR count). The van der Waals surface area contributed by atoms with Crippen LogP contribution in [0.1, 0.15) is 39.3 Å². The highest BCUT2D eigenvalue weighted by Crippen LogP contribution is 2.28. The van der Waals surface area contributed by atoms with Crippen molar-refractivity contribution < 1.29 is 19.5 Å². The Balaban J connectivity index is 1.96. The molecule has 0 bridgehead atoms. The topological polar surface area (TPSA) is 99.6 Å². The highest BCUT2D eigenvalue weighted by atomic mass is 32.1. The van der Waals surface area contributed by atoms with Gasteiger partial charge < -0.3 is 15.3 Å². The molecule has 1 aliphatic carbocycles. The quantitative estimate of drug-likeness (QED) is 0.744. The predicted octanol–water partition coefficient (Wildman–Crippen LogP) is 1.99. The van der Waals surface area contributed by atoms with E-state index in [0.29, 0.717) is 10.8 Å². The average Bonchev–Trinajstić information content (AvgIpc) is 3.25. The SMILES string of the molecule is CC(C)C(=O)Nc1nc(CC(=O)N(CC(C)C(=O)O)C2CC2)cs1. The van der Waals surface area contributed by atoms with Gasteiger partial charge in [-0.05, 0) is 12.8 Å². The fourth-order valence-corrected chi connectivity index (χ4v) is 2.88. The lowest BCUT2D eigenvalue weighted by atomic mass is 10.1. The van der Waals surface area contributed by atoms with Gasteiger partial charge >= 0.3 is 5.97 Å². The summed E-state index contributed by atoms with van der Waals surface area (Å²) in [6, 6.07) is 0.151. The lowest BCUT2D eigenvalue weighted by molar-refractivity contribution is -0.143. The van der Waals surface area contributed by atoms with Crippen LogP contribution in [-0.4, -0.2) is 45.4 Å². The maximum atomic E-state index is 12.5. The van der Waals surface area contributed by atoms with Crippen LogP contribution in [0.3, 0.4) is 0 Å². The standard InChI is InChI=1S/C16H23N3O4S/c1-9(2)14(21)18-16-17-11(8-24-16)6-13(20)19(12-4-5-12)7-10(3)15(22)23/h8-10,12H,4-7H2,1-3H3,(H,22,23)(H,17,18,21). The highest BCUT2D eigenvalue weighted by Gasteiger charge is 2.34. The minimum Gasteiger partial charge on any atom is -0.481 e. The lowest BCUT2D eigenvalue weighted by Crippen LogP contribution is -2.39. The first kappa shape index (κ1) is 18.4. The monoisotopic (exact) mass is 353 g/mol. The van der Waals surface area contributed by atoms with Crippen molar-refractivity contribution >= 4 is 34.3 Å². The Labute approximate surface area is 145 Å². The third-order valence-electron chi connectivity index (χ3n) is 3.84. The molecule has 1 aliphatic rings. The molecule has 0 aromatic carbocycles. The van der Waals surface area contributed by atoms with E-state index < -0.39 is 11.9 Å². The molecule has 1 fully saturated rings. The van der Waals surface area contributed by atoms with Crippen molar-refractivity contribution in [3.05, 3.63) is 11.1 Å². The third-order valence-corrected chi connectivity index (χ3v) is 4.65. The van der Waals surface area contributed by atoms with Crippen LogP contribution in [0.4, 0.5) is 5.13 Å². The van der Waals surface area contributed by atoms with Gasteiger partial charge in [0, 0.05) is 23.9 Å². The average molecular weight is 353 g/mol. The Morgan fingerprint density at radius 3 is 2.58 bits per heavy atom. The maximum absolute atomic E-state index is 12.5. The van der Waals surface area contributed by atoms with E-state index in [0.717, 1.165) is 12.8 Å². The van der Waals surface area contributed by atoms with Crippen LogP contribution in [0.2, 0.25) is 0 Å². The van der Waals surface area contributed by atoms with Gasteiger partial charge in [-0.2, -0.15) is 0 Å². The Morgan fingerprint density at radius 1 is 1.38 bits per heavy atom. The van der Waals surface area contributed by atoms with E-state index in [4.69, 9.17) is 5.11 Å². The van der Waals surface area contributed by atoms with Gasteiger partial charge in [0.1, 0.15) is 0 Å². The van der Waals surface area contributed by atoms with E-state index in [1.165, 1.54) is 11.3 Å². The molecule has 8 heteroatoms. The van der Waals surface area contributed by atoms with E-state index >= 15 is 0 Å². The van der Waals surface area contributed by atoms with Crippen molar-refractivity contribution in [3.8, 4) is 0 Å². The molecule has 2 N–H and O–H groups in total. The Bertz CT molecular complexity index is 625. The zero-order valence-corrected chi connectivity index (χ0v) is 14.9. The van der Waals surface area contributed by atoms with Crippen molar-refractivity contribution in [2.75, 3.05) is 11.9 Å². The number of amides is 2. The summed E-state index contributed by atoms with van der Waals surface area (Å²) in [6.45, 7) is 5.42. The molecular formula is C16H23N3O4S. The largest absolute Gasteiger partial charge is 0.481 e. The number of nitrogens with one attached hydrogen (secondary N) is 1. The Hall–Kier alpha value is -1.96. The number of hydrogen-bond donors (Lipinski definition) is 2. The summed E-state index contributed by atoms with van der Waals surface area (Å²) in [5.41, 5.74) is 0.595. The maximum Gasteiger partial charge on any atom is 0.308 e. The summed E-state index contributed by atoms with van der Waals surface area (Å²) < 4.78 is 0. The molecule has 1 atom stereocenters. The molecule has 1 heterocycles. The molecule has 0 spiro atoms. The van der Waals surface area contributed by atoms with Gasteiger partial charge in [-0.15, -0.1) is 11.3 Å². The van der Waals surface area contributed by atoms with Crippen molar-refractivity contribution in [1.29, 1.82) is 0 Å². The fraction of sp³-hybridized carbons (Fsp3) is 0.625. The second-order valence-electron chi connectivity index (χ2n) is 6.48. The van der Waals surface area contributed by atoms with Gasteiger partial charge in [-0.25, -0.2) is 4.98 Å². The number of rotatable bonds is 8. The smallest absolute Gasteiger partial charge is 0.308 e. The van der Waals surface area contributed by atoms with Crippen LogP contribution in [0, 0.1) is 11.8 Å². The Kier molecular flexibility index (Phi) is 5.93. The number of hydrogen-bond acceptors (Lipinski definition) is 5. The van der Waals surface area contributed by atoms with Gasteiger partial charge in [0.2, 0.25) is 11.8 Å². The molecule has 7 nitrogen and oxygen atoms in total. The van der Waals surface area contributed by atoms with E-state index in [1.54, 1.807) is 31.1 Å². The Morgan fingerprint density at radius 2 is 2.04 bits per heavy atom. The number of carbonyl (C=O) groups excluding carboxylic acids is 2. The van der Waals surface area contributed by atoms with E-state index in [1.807, 2.05) is 0 Å². The van der Waals surface area contributed by atoms with Crippen molar-refractivity contribution in [2.45, 2.75) is 46.1 Å². The van der Waals surface area contributed by atoms with Crippen molar-refractivity contribution in [2.24, 2.45) is 11.8 Å². The van der Waals surface area contributed by atoms with Gasteiger partial charge in [-0.1, -0.05) is 20.8 Å². The molecule has 132 valence electrons. The second kappa shape index (κ2) is 7.74. The first-order chi connectivity index (χ1) is 11.3. The van der Waals surface area contributed by atoms with Gasteiger partial charge in [0.15, 0.2) is 5.13 Å². The summed E-state index contributed by atoms with van der Waals surface area (Å²) in [4.78, 5) is 41.1. The van der Waals surface area contributed by atoms with E-state index in [-0.39, 0.29) is 36.7 Å². The van der Waals surface area contributed by atoms with Crippen LogP contribution in [-0.2, 0) is 20.8 Å². The van der Waals surface area contributed by atoms with Crippen LogP contribution in [0.5, 0.6) is 0 Å². The molecule has 2 amide bonds. The molecule has 0 radical (unpaired) electrons. The summed E-state index contributed by atoms with van der Waals surface area (Å²) in [5.74, 6) is -1.86. The lowest BCUT2D eigenvalue weighted by Gasteiger charge is -2.24. The van der Waals surface area contributed by atoms with Crippen molar-refractivity contribution in [3.63, 3.8) is 0 Å². The normalized spacial score (nSPS) is 15.2. The molecular weight excluding hydrogens is 330 g/mol. The molecule has 1 saturated carbocycles. The van der Waals surface area contributed by atoms with E-state index in [2.05, 4.69) is 10.3 Å². The van der Waals surface area contributed by atoms with E-state index in [9.17, 15) is 14.4 Å². The number of carboxylic acids is 1. The number of carboxylic acid groups (broad SMARTS) is 1. The summed E-state index contributed by atoms with van der Waals surface area (Å²) >= 11 is 1.28. The fourth-order valence-electron chi connectivity index (χ4n) is 2.17. The zero-order chi connectivity index (χ0) is 17.9. The number of thiazole rings is 1. The number of anilines is 1. The zero-order valence-electron chi connectivity index (χ0n) is 14.1. The molecule has 0 aliphatic heterocycles. The van der Waals surface area contributed by atoms with Crippen LogP contribution >= 0.6 is 11.3 Å². The number of aromatic nitrogens is 1. The third kappa shape index (κ3) is 5.02. The van der Waals surface area contributed by atoms with Gasteiger partial charge in [0.25, 0.3) is 0 Å². The predicted molar refractivity (Wildman–Crippen MR) is 90.8 cm³/mol. The molecule has 1 aromatic heterocycles. The summed E-state index contributed by atoms with van der Waals surface area (Å²) in [7, 11) is 0. The second-order valence-corrected chi connectivity index (χ2v) is 7.34. The first-order valence-corrected chi connectivity index (χ1v) is 8.93.